The third-order valence-corrected chi connectivity index (χ3v) is 4.07. The second kappa shape index (κ2) is 5.14. The summed E-state index contributed by atoms with van der Waals surface area (Å²) in [6.07, 6.45) is 4.28. The van der Waals surface area contributed by atoms with Gasteiger partial charge in [0.15, 0.2) is 0 Å². The van der Waals surface area contributed by atoms with Crippen LogP contribution < -0.4 is 0 Å². The molecular weight excluding hydrogens is 234 g/mol. The number of rotatable bonds is 3. The van der Waals surface area contributed by atoms with Gasteiger partial charge in [0.1, 0.15) is 0 Å². The third kappa shape index (κ3) is 2.41. The summed E-state index contributed by atoms with van der Waals surface area (Å²) in [5.41, 5.74) is 4.90. The maximum absolute atomic E-state index is 10.2. The molecule has 0 aliphatic heterocycles. The molecule has 1 N–H and O–H groups in total. The van der Waals surface area contributed by atoms with Crippen molar-refractivity contribution in [3.8, 4) is 0 Å². The topological polar surface area (TPSA) is 33.1 Å². The Morgan fingerprint density at radius 1 is 1.21 bits per heavy atom. The quantitative estimate of drug-likeness (QED) is 0.912. The second-order valence-corrected chi connectivity index (χ2v) is 5.29. The molecule has 1 aromatic heterocycles. The maximum atomic E-state index is 10.2. The minimum atomic E-state index is -0.273. The van der Waals surface area contributed by atoms with E-state index >= 15 is 0 Å². The number of aryl methyl sites for hydroxylation is 1. The monoisotopic (exact) mass is 253 g/mol. The van der Waals surface area contributed by atoms with Gasteiger partial charge < -0.3 is 5.11 Å². The van der Waals surface area contributed by atoms with Crippen LogP contribution in [0.4, 0.5) is 0 Å². The highest BCUT2D eigenvalue weighted by molar-refractivity contribution is 5.37. The number of aliphatic hydroxyl groups excluding tert-OH is 1. The standard InChI is InChI=1S/C17H19NO/c1-2-12-7-8-14(18-11-12)10-16-15-6-4-3-5-13(15)9-17(16)19/h3-8,11,16-17,19H,2,9-10H2,1H3/t16-,17+/m1/s1. The van der Waals surface area contributed by atoms with Crippen LogP contribution in [0.25, 0.3) is 0 Å². The zero-order valence-electron chi connectivity index (χ0n) is 11.2. The van der Waals surface area contributed by atoms with Crippen molar-refractivity contribution in [1.82, 2.24) is 4.98 Å². The van der Waals surface area contributed by atoms with Crippen molar-refractivity contribution in [2.75, 3.05) is 0 Å². The highest BCUT2D eigenvalue weighted by atomic mass is 16.3. The predicted molar refractivity (Wildman–Crippen MR) is 76.2 cm³/mol. The van der Waals surface area contributed by atoms with Crippen LogP contribution in [0.1, 0.15) is 35.2 Å². The smallest absolute Gasteiger partial charge is 0.0652 e. The van der Waals surface area contributed by atoms with Gasteiger partial charge in [0, 0.05) is 17.8 Å². The number of pyridine rings is 1. The normalized spacial score (nSPS) is 21.4. The van der Waals surface area contributed by atoms with E-state index in [-0.39, 0.29) is 12.0 Å². The SMILES string of the molecule is CCc1ccc(C[C@@H]2c3ccccc3C[C@@H]2O)nc1. The van der Waals surface area contributed by atoms with Crippen LogP contribution in [0.15, 0.2) is 42.6 Å². The summed E-state index contributed by atoms with van der Waals surface area (Å²) < 4.78 is 0. The zero-order valence-corrected chi connectivity index (χ0v) is 11.2. The van der Waals surface area contributed by atoms with Gasteiger partial charge in [-0.1, -0.05) is 37.3 Å². The first-order valence-electron chi connectivity index (χ1n) is 6.97. The first-order chi connectivity index (χ1) is 9.28. The number of nitrogens with zero attached hydrogens (tertiary/aromatic N) is 1. The van der Waals surface area contributed by atoms with Gasteiger partial charge in [0.05, 0.1) is 6.10 Å². The molecule has 2 atom stereocenters. The van der Waals surface area contributed by atoms with Crippen molar-refractivity contribution in [2.24, 2.45) is 0 Å². The van der Waals surface area contributed by atoms with Crippen molar-refractivity contribution in [2.45, 2.75) is 38.2 Å². The van der Waals surface area contributed by atoms with Crippen LogP contribution in [-0.2, 0) is 19.3 Å². The van der Waals surface area contributed by atoms with Gasteiger partial charge in [0.2, 0.25) is 0 Å². The number of benzene rings is 1. The van der Waals surface area contributed by atoms with E-state index in [1.807, 2.05) is 12.3 Å². The first kappa shape index (κ1) is 12.4. The van der Waals surface area contributed by atoms with E-state index in [1.165, 1.54) is 16.7 Å². The van der Waals surface area contributed by atoms with E-state index in [2.05, 4.69) is 42.2 Å². The molecule has 98 valence electrons. The lowest BCUT2D eigenvalue weighted by molar-refractivity contribution is 0.155. The Morgan fingerprint density at radius 3 is 2.79 bits per heavy atom. The number of fused-ring (bicyclic) bond motifs is 1. The summed E-state index contributed by atoms with van der Waals surface area (Å²) in [5.74, 6) is 0.191. The molecule has 0 spiro atoms. The van der Waals surface area contributed by atoms with Crippen molar-refractivity contribution < 1.29 is 5.11 Å². The summed E-state index contributed by atoms with van der Waals surface area (Å²) in [4.78, 5) is 4.51. The molecule has 2 aromatic rings. The minimum Gasteiger partial charge on any atom is -0.392 e. The number of hydrogen-bond donors (Lipinski definition) is 1. The van der Waals surface area contributed by atoms with E-state index in [0.717, 1.165) is 25.0 Å². The number of aromatic nitrogens is 1. The Hall–Kier alpha value is -1.67. The van der Waals surface area contributed by atoms with Gasteiger partial charge in [-0.15, -0.1) is 0 Å². The van der Waals surface area contributed by atoms with Crippen LogP contribution in [0, 0.1) is 0 Å². The maximum Gasteiger partial charge on any atom is 0.0652 e. The Bertz CT molecular complexity index is 562. The highest BCUT2D eigenvalue weighted by Gasteiger charge is 2.30. The van der Waals surface area contributed by atoms with Gasteiger partial charge in [-0.3, -0.25) is 4.98 Å². The van der Waals surface area contributed by atoms with E-state index in [9.17, 15) is 5.11 Å². The van der Waals surface area contributed by atoms with Crippen LogP contribution in [-0.4, -0.2) is 16.2 Å². The summed E-state index contributed by atoms with van der Waals surface area (Å²) in [5, 5.41) is 10.2. The summed E-state index contributed by atoms with van der Waals surface area (Å²) in [7, 11) is 0. The largest absolute Gasteiger partial charge is 0.392 e. The van der Waals surface area contributed by atoms with Crippen LogP contribution in [0.5, 0.6) is 0 Å². The lowest BCUT2D eigenvalue weighted by atomic mass is 9.94. The lowest BCUT2D eigenvalue weighted by Crippen LogP contribution is -2.16. The van der Waals surface area contributed by atoms with E-state index in [1.54, 1.807) is 0 Å². The fraction of sp³-hybridized carbons (Fsp3) is 0.353. The van der Waals surface area contributed by atoms with Crippen molar-refractivity contribution in [1.29, 1.82) is 0 Å². The van der Waals surface area contributed by atoms with Crippen LogP contribution in [0.3, 0.4) is 0 Å². The average Bonchev–Trinajstić information content (AvgIpc) is 2.76. The Balaban J connectivity index is 1.82. The molecule has 0 saturated heterocycles. The molecule has 19 heavy (non-hydrogen) atoms. The molecule has 3 rings (SSSR count). The summed E-state index contributed by atoms with van der Waals surface area (Å²) >= 11 is 0. The molecule has 0 radical (unpaired) electrons. The van der Waals surface area contributed by atoms with Gasteiger partial charge in [-0.2, -0.15) is 0 Å². The number of hydrogen-bond acceptors (Lipinski definition) is 2. The molecule has 2 heteroatoms. The molecule has 1 aliphatic rings. The molecule has 0 bridgehead atoms. The molecule has 0 unspecified atom stereocenters. The van der Waals surface area contributed by atoms with Crippen LogP contribution >= 0.6 is 0 Å². The Morgan fingerprint density at radius 2 is 2.05 bits per heavy atom. The molecule has 1 heterocycles. The molecule has 1 aromatic carbocycles. The molecule has 0 saturated carbocycles. The Labute approximate surface area is 114 Å². The third-order valence-electron chi connectivity index (χ3n) is 4.07. The van der Waals surface area contributed by atoms with Crippen molar-refractivity contribution >= 4 is 0 Å². The fourth-order valence-corrected chi connectivity index (χ4v) is 2.91. The molecule has 2 nitrogen and oxygen atoms in total. The molecule has 0 amide bonds. The van der Waals surface area contributed by atoms with Crippen molar-refractivity contribution in [3.05, 3.63) is 65.0 Å². The minimum absolute atomic E-state index is 0.191. The average molecular weight is 253 g/mol. The van der Waals surface area contributed by atoms with Gasteiger partial charge >= 0.3 is 0 Å². The van der Waals surface area contributed by atoms with Gasteiger partial charge in [0.25, 0.3) is 0 Å². The summed E-state index contributed by atoms with van der Waals surface area (Å²) in [6, 6.07) is 12.6. The van der Waals surface area contributed by atoms with Gasteiger partial charge in [-0.05, 0) is 42.0 Å². The molecule has 1 aliphatic carbocycles. The fourth-order valence-electron chi connectivity index (χ4n) is 2.91. The van der Waals surface area contributed by atoms with E-state index in [0.29, 0.717) is 0 Å². The van der Waals surface area contributed by atoms with Gasteiger partial charge in [-0.25, -0.2) is 0 Å². The number of aliphatic hydroxyl groups is 1. The van der Waals surface area contributed by atoms with Crippen molar-refractivity contribution in [3.63, 3.8) is 0 Å². The zero-order chi connectivity index (χ0) is 13.2. The second-order valence-electron chi connectivity index (χ2n) is 5.29. The predicted octanol–water partition coefficient (Wildman–Crippen LogP) is 2.89. The van der Waals surface area contributed by atoms with E-state index in [4.69, 9.17) is 0 Å². The first-order valence-corrected chi connectivity index (χ1v) is 6.97. The lowest BCUT2D eigenvalue weighted by Gasteiger charge is -2.15. The molecular formula is C17H19NO. The van der Waals surface area contributed by atoms with E-state index < -0.39 is 0 Å². The molecule has 0 fully saturated rings. The summed E-state index contributed by atoms with van der Waals surface area (Å²) in [6.45, 7) is 2.13. The highest BCUT2D eigenvalue weighted by Crippen LogP contribution is 2.35. The van der Waals surface area contributed by atoms with Crippen LogP contribution in [0.2, 0.25) is 0 Å². The Kier molecular flexibility index (Phi) is 3.34.